The van der Waals surface area contributed by atoms with Gasteiger partial charge in [0.05, 0.1) is 48.8 Å². The Morgan fingerprint density at radius 1 is 0.911 bits per heavy atom. The molecule has 0 saturated carbocycles. The summed E-state index contributed by atoms with van der Waals surface area (Å²) in [6.45, 7) is 15.6. The molecule has 5 N–H and O–H groups in total. The lowest BCUT2D eigenvalue weighted by Gasteiger charge is -2.41. The van der Waals surface area contributed by atoms with Gasteiger partial charge in [0.1, 0.15) is 12.1 Å². The molecule has 1 aromatic rings. The zero-order valence-corrected chi connectivity index (χ0v) is 36.0. The average Bonchev–Trinajstić information content (AvgIpc) is 3.65. The van der Waals surface area contributed by atoms with Crippen LogP contribution in [0.15, 0.2) is 30.3 Å². The Morgan fingerprint density at radius 2 is 1.54 bits per heavy atom. The van der Waals surface area contributed by atoms with Gasteiger partial charge in [0.25, 0.3) is 0 Å². The number of benzene rings is 1. The first-order valence-corrected chi connectivity index (χ1v) is 20.3. The van der Waals surface area contributed by atoms with Crippen molar-refractivity contribution >= 4 is 29.5 Å². The van der Waals surface area contributed by atoms with Crippen molar-refractivity contribution in [2.24, 2.45) is 29.4 Å². The minimum atomic E-state index is -0.902. The average molecular weight is 789 g/mol. The Bertz CT molecular complexity index is 1410. The van der Waals surface area contributed by atoms with Crippen LogP contribution >= 0.6 is 0 Å². The Balaban J connectivity index is 2.28. The van der Waals surface area contributed by atoms with Crippen LogP contribution in [-0.4, -0.2) is 133 Å². The number of aliphatic hydroxyl groups is 1. The number of nitrogens with two attached hydrogens (primary N) is 1. The smallest absolute Gasteiger partial charge is 0.245 e. The maximum absolute atomic E-state index is 14.4. The van der Waals surface area contributed by atoms with Gasteiger partial charge < -0.3 is 45.6 Å². The van der Waals surface area contributed by atoms with E-state index < -0.39 is 54.3 Å². The van der Waals surface area contributed by atoms with E-state index >= 15 is 0 Å². The molecule has 0 aromatic heterocycles. The lowest BCUT2D eigenvalue weighted by molar-refractivity contribution is -0.148. The molecule has 318 valence electrons. The predicted octanol–water partition coefficient (Wildman–Crippen LogP) is 3.12. The molecule has 1 aliphatic heterocycles. The zero-order valence-electron chi connectivity index (χ0n) is 36.0. The van der Waals surface area contributed by atoms with Crippen molar-refractivity contribution in [3.63, 3.8) is 0 Å². The van der Waals surface area contributed by atoms with Crippen LogP contribution in [0.25, 0.3) is 0 Å². The molecule has 0 aliphatic carbocycles. The number of likely N-dealkylation sites (tertiary alicyclic amines) is 1. The van der Waals surface area contributed by atoms with Gasteiger partial charge in [0.15, 0.2) is 0 Å². The second kappa shape index (κ2) is 23.0. The summed E-state index contributed by atoms with van der Waals surface area (Å²) >= 11 is 0. The Labute approximate surface area is 335 Å². The number of hydrogen-bond donors (Lipinski definition) is 4. The minimum absolute atomic E-state index is 0.0148. The van der Waals surface area contributed by atoms with Gasteiger partial charge in [-0.1, -0.05) is 85.2 Å². The van der Waals surface area contributed by atoms with Crippen LogP contribution in [0.2, 0.25) is 0 Å². The number of carbonyl (C=O) groups excluding carboxylic acids is 5. The van der Waals surface area contributed by atoms with Crippen molar-refractivity contribution in [1.82, 2.24) is 25.3 Å². The highest BCUT2D eigenvalue weighted by atomic mass is 16.5. The fourth-order valence-electron chi connectivity index (χ4n) is 8.03. The maximum atomic E-state index is 14.4. The van der Waals surface area contributed by atoms with Gasteiger partial charge in [0, 0.05) is 47.8 Å². The van der Waals surface area contributed by atoms with Crippen molar-refractivity contribution in [2.45, 2.75) is 136 Å². The monoisotopic (exact) mass is 789 g/mol. The van der Waals surface area contributed by atoms with Gasteiger partial charge in [-0.05, 0) is 43.1 Å². The molecule has 0 bridgehead atoms. The van der Waals surface area contributed by atoms with Crippen LogP contribution < -0.4 is 16.4 Å². The number of amides is 5. The second-order valence-electron chi connectivity index (χ2n) is 16.2. The predicted molar refractivity (Wildman–Crippen MR) is 217 cm³/mol. The topological polar surface area (TPSA) is 184 Å². The molecule has 1 heterocycles. The third-order valence-corrected chi connectivity index (χ3v) is 11.5. The van der Waals surface area contributed by atoms with E-state index in [4.69, 9.17) is 15.2 Å². The SMILES string of the molecule is CC[C@H](C)[C@@H]([C@@H](CC(=O)N1CCC[C@H]1[C@H](OC)[C@@H](C)C(=O)NC(C)C(O)c1ccccc1)OC)N(C)C(=O)[C@@H](NC(=O)[C@H](C(C)C)N(C)C(=O)CCN)C(C)C. The molecule has 0 spiro atoms. The van der Waals surface area contributed by atoms with Crippen molar-refractivity contribution in [1.29, 1.82) is 0 Å². The molecule has 14 heteroatoms. The highest BCUT2D eigenvalue weighted by molar-refractivity contribution is 5.92. The van der Waals surface area contributed by atoms with E-state index in [1.54, 1.807) is 44.9 Å². The number of nitrogens with one attached hydrogen (secondary N) is 2. The number of methoxy groups -OCH3 is 2. The third-order valence-electron chi connectivity index (χ3n) is 11.5. The third kappa shape index (κ3) is 12.5. The van der Waals surface area contributed by atoms with E-state index in [1.165, 1.54) is 12.0 Å². The maximum Gasteiger partial charge on any atom is 0.245 e. The number of aliphatic hydroxyl groups excluding tert-OH is 1. The van der Waals surface area contributed by atoms with Crippen molar-refractivity contribution in [3.05, 3.63) is 35.9 Å². The molecule has 0 radical (unpaired) electrons. The molecule has 2 rings (SSSR count). The van der Waals surface area contributed by atoms with Gasteiger partial charge in [-0.15, -0.1) is 0 Å². The van der Waals surface area contributed by atoms with E-state index in [9.17, 15) is 29.1 Å². The molecule has 2 unspecified atom stereocenters. The summed E-state index contributed by atoms with van der Waals surface area (Å²) in [5.41, 5.74) is 6.30. The Morgan fingerprint density at radius 3 is 2.05 bits per heavy atom. The van der Waals surface area contributed by atoms with Gasteiger partial charge in [-0.2, -0.15) is 0 Å². The van der Waals surface area contributed by atoms with Gasteiger partial charge >= 0.3 is 0 Å². The summed E-state index contributed by atoms with van der Waals surface area (Å²) in [6, 6.07) is 6.00. The molecule has 5 amide bonds. The van der Waals surface area contributed by atoms with Gasteiger partial charge in [-0.3, -0.25) is 24.0 Å². The molecule has 1 fully saturated rings. The van der Waals surface area contributed by atoms with Crippen LogP contribution in [-0.2, 0) is 33.4 Å². The first-order valence-electron chi connectivity index (χ1n) is 20.3. The summed E-state index contributed by atoms with van der Waals surface area (Å²) in [7, 11) is 6.33. The molecular weight excluding hydrogens is 716 g/mol. The van der Waals surface area contributed by atoms with E-state index in [-0.39, 0.29) is 66.8 Å². The number of ether oxygens (including phenoxy) is 2. The van der Waals surface area contributed by atoms with Crippen LogP contribution in [0, 0.1) is 23.7 Å². The summed E-state index contributed by atoms with van der Waals surface area (Å²) in [5.74, 6) is -2.67. The fraction of sp³-hybridized carbons (Fsp3) is 0.738. The highest BCUT2D eigenvalue weighted by Crippen LogP contribution is 2.30. The number of nitrogens with zero attached hydrogens (tertiary/aromatic N) is 3. The highest BCUT2D eigenvalue weighted by Gasteiger charge is 2.43. The van der Waals surface area contributed by atoms with E-state index in [0.29, 0.717) is 24.9 Å². The lowest BCUT2D eigenvalue weighted by atomic mass is 9.89. The van der Waals surface area contributed by atoms with Crippen LogP contribution in [0.1, 0.15) is 99.2 Å². The first kappa shape index (κ1) is 48.6. The first-order chi connectivity index (χ1) is 26.4. The van der Waals surface area contributed by atoms with Crippen molar-refractivity contribution < 1.29 is 38.6 Å². The molecule has 56 heavy (non-hydrogen) atoms. The molecule has 1 aromatic carbocycles. The standard InChI is InChI=1S/C42H72N6O8/c1-13-27(6)37(47(10)42(54)35(25(2)3)45-41(53)36(26(4)5)46(9)33(49)21-22-43)32(55-11)24-34(50)48-23-17-20-31(48)39(56-12)28(7)40(52)44-29(8)38(51)30-18-15-14-16-19-30/h14-16,18-19,25-29,31-32,35-39,51H,13,17,20-24,43H2,1-12H3,(H,44,52)(H,45,53)/t27-,28+,29?,31-,32+,35-,36-,37-,38?,39+/m0/s1. The zero-order chi connectivity index (χ0) is 42.4. The van der Waals surface area contributed by atoms with Crippen LogP contribution in [0.3, 0.4) is 0 Å². The van der Waals surface area contributed by atoms with E-state index in [0.717, 1.165) is 6.42 Å². The molecule has 10 atom stereocenters. The number of likely N-dealkylation sites (N-methyl/N-ethyl adjacent to an activating group) is 2. The minimum Gasteiger partial charge on any atom is -0.386 e. The molecule has 1 aliphatic rings. The van der Waals surface area contributed by atoms with E-state index in [1.807, 2.05) is 71.9 Å². The van der Waals surface area contributed by atoms with Gasteiger partial charge in [0.2, 0.25) is 29.5 Å². The van der Waals surface area contributed by atoms with Crippen LogP contribution in [0.4, 0.5) is 0 Å². The van der Waals surface area contributed by atoms with Crippen molar-refractivity contribution in [3.8, 4) is 0 Å². The summed E-state index contributed by atoms with van der Waals surface area (Å²) in [4.78, 5) is 73.3. The van der Waals surface area contributed by atoms with E-state index in [2.05, 4.69) is 10.6 Å². The molecular formula is C42H72N6O8. The number of carbonyl (C=O) groups is 5. The summed E-state index contributed by atoms with van der Waals surface area (Å²) in [5, 5.41) is 16.7. The Kier molecular flexibility index (Phi) is 19.9. The largest absolute Gasteiger partial charge is 0.386 e. The summed E-state index contributed by atoms with van der Waals surface area (Å²) < 4.78 is 11.9. The normalized spacial score (nSPS) is 19.3. The number of hydrogen-bond acceptors (Lipinski definition) is 9. The lowest BCUT2D eigenvalue weighted by Crippen LogP contribution is -2.60. The van der Waals surface area contributed by atoms with Gasteiger partial charge in [-0.25, -0.2) is 0 Å². The van der Waals surface area contributed by atoms with Crippen molar-refractivity contribution in [2.75, 3.05) is 41.4 Å². The quantitative estimate of drug-likeness (QED) is 0.137. The molecule has 14 nitrogen and oxygen atoms in total. The Hall–Kier alpha value is -3.59. The second-order valence-corrected chi connectivity index (χ2v) is 16.2. The summed E-state index contributed by atoms with van der Waals surface area (Å²) in [6.07, 6.45) is -0.00793. The fourth-order valence-corrected chi connectivity index (χ4v) is 8.03. The van der Waals surface area contributed by atoms with Crippen LogP contribution in [0.5, 0.6) is 0 Å². The number of rotatable bonds is 22. The molecule has 1 saturated heterocycles.